The zero-order valence-corrected chi connectivity index (χ0v) is 5.15. The van der Waals surface area contributed by atoms with Crippen molar-refractivity contribution in [3.8, 4) is 0 Å². The second-order valence-electron chi connectivity index (χ2n) is 1.49. The van der Waals surface area contributed by atoms with Gasteiger partial charge in [0, 0.05) is 13.0 Å². The number of carbonyl (C=O) groups excluding carboxylic acids is 1. The lowest BCUT2D eigenvalue weighted by Gasteiger charge is -2.13. The summed E-state index contributed by atoms with van der Waals surface area (Å²) in [5.41, 5.74) is 1.41. The molecular weight excluding hydrogens is 140 g/mol. The van der Waals surface area contributed by atoms with Crippen molar-refractivity contribution in [2.45, 2.75) is 6.42 Å². The third-order valence-electron chi connectivity index (χ3n) is 0.822. The average Bonchev–Trinajstić information content (AvgIpc) is 1.89. The molecule has 10 heavy (non-hydrogen) atoms. The number of hydrogen-bond donors (Lipinski definition) is 3. The first kappa shape index (κ1) is 8.86. The number of aldehydes is 1. The number of nitrogens with one attached hydrogen (secondary N) is 1. The lowest BCUT2D eigenvalue weighted by molar-refractivity contribution is -0.108. The van der Waals surface area contributed by atoms with Crippen LogP contribution >= 0.6 is 0 Å². The molecule has 0 aliphatic rings. The molecule has 0 aromatic rings. The summed E-state index contributed by atoms with van der Waals surface area (Å²) in [5.74, 6) is 0. The summed E-state index contributed by atoms with van der Waals surface area (Å²) >= 11 is 0. The highest BCUT2D eigenvalue weighted by Gasteiger charge is 2.07. The van der Waals surface area contributed by atoms with Gasteiger partial charge in [-0.3, -0.25) is 5.21 Å². The maximum absolute atomic E-state index is 10.0. The van der Waals surface area contributed by atoms with Gasteiger partial charge in [0.2, 0.25) is 0 Å². The van der Waals surface area contributed by atoms with Crippen molar-refractivity contribution in [2.24, 2.45) is 0 Å². The second kappa shape index (κ2) is 4.71. The van der Waals surface area contributed by atoms with E-state index in [1.165, 1.54) is 5.59 Å². The Morgan fingerprint density at radius 3 is 2.60 bits per heavy atom. The number of carboxylic acid groups (broad SMARTS) is 1. The van der Waals surface area contributed by atoms with Crippen LogP contribution in [0.4, 0.5) is 4.79 Å². The normalized spacial score (nSPS) is 8.90. The fourth-order valence-electron chi connectivity index (χ4n) is 0.370. The predicted octanol–water partition coefficient (Wildman–Crippen LogP) is -0.551. The Balaban J connectivity index is 3.60. The minimum absolute atomic E-state index is 0.0554. The van der Waals surface area contributed by atoms with Crippen LogP contribution in [0.3, 0.4) is 0 Å². The molecule has 0 aliphatic carbocycles. The van der Waals surface area contributed by atoms with Crippen LogP contribution in [0.25, 0.3) is 0 Å². The minimum Gasteiger partial charge on any atom is -0.464 e. The van der Waals surface area contributed by atoms with Gasteiger partial charge in [0.05, 0.1) is 0 Å². The van der Waals surface area contributed by atoms with Gasteiger partial charge in [0.25, 0.3) is 0 Å². The molecule has 0 spiro atoms. The first-order valence-corrected chi connectivity index (χ1v) is 2.56. The fourth-order valence-corrected chi connectivity index (χ4v) is 0.370. The van der Waals surface area contributed by atoms with Gasteiger partial charge in [-0.2, -0.15) is 0 Å². The summed E-state index contributed by atoms with van der Waals surface area (Å²) in [6, 6.07) is 0. The number of carbonyl (C=O) groups is 2. The molecule has 6 nitrogen and oxygen atoms in total. The number of hydrazine groups is 1. The molecular formula is C4H8N2O4. The molecule has 0 saturated heterocycles. The maximum atomic E-state index is 10.0. The average molecular weight is 148 g/mol. The summed E-state index contributed by atoms with van der Waals surface area (Å²) in [6.45, 7) is -0.0602. The lowest BCUT2D eigenvalue weighted by atomic mass is 10.5. The molecule has 0 aromatic heterocycles. The molecule has 0 aliphatic heterocycles. The second-order valence-corrected chi connectivity index (χ2v) is 1.49. The van der Waals surface area contributed by atoms with E-state index in [4.69, 9.17) is 10.3 Å². The van der Waals surface area contributed by atoms with Crippen molar-refractivity contribution >= 4 is 12.4 Å². The predicted molar refractivity (Wildman–Crippen MR) is 30.3 cm³/mol. The Bertz CT molecular complexity index is 126. The van der Waals surface area contributed by atoms with Crippen molar-refractivity contribution < 1.29 is 19.9 Å². The maximum Gasteiger partial charge on any atom is 0.423 e. The third-order valence-corrected chi connectivity index (χ3v) is 0.822. The van der Waals surface area contributed by atoms with Crippen LogP contribution in [-0.2, 0) is 4.79 Å². The van der Waals surface area contributed by atoms with Crippen LogP contribution in [0.1, 0.15) is 6.42 Å². The van der Waals surface area contributed by atoms with E-state index in [-0.39, 0.29) is 13.0 Å². The van der Waals surface area contributed by atoms with Crippen LogP contribution in [0, 0.1) is 0 Å². The van der Waals surface area contributed by atoms with Crippen molar-refractivity contribution in [2.75, 3.05) is 6.54 Å². The van der Waals surface area contributed by atoms with Crippen LogP contribution < -0.4 is 5.59 Å². The van der Waals surface area contributed by atoms with E-state index in [9.17, 15) is 9.59 Å². The fraction of sp³-hybridized carbons (Fsp3) is 0.500. The Labute approximate surface area is 57.0 Å². The van der Waals surface area contributed by atoms with Crippen molar-refractivity contribution in [3.63, 3.8) is 0 Å². The SMILES string of the molecule is O=CCCN(NO)C(=O)O. The van der Waals surface area contributed by atoms with Crippen molar-refractivity contribution in [3.05, 3.63) is 0 Å². The van der Waals surface area contributed by atoms with Gasteiger partial charge in [-0.15, -0.1) is 5.59 Å². The molecule has 6 heteroatoms. The van der Waals surface area contributed by atoms with Gasteiger partial charge in [-0.1, -0.05) is 0 Å². The van der Waals surface area contributed by atoms with Crippen LogP contribution in [0.2, 0.25) is 0 Å². The molecule has 0 rings (SSSR count). The molecule has 0 fully saturated rings. The van der Waals surface area contributed by atoms with E-state index in [1.807, 2.05) is 0 Å². The molecule has 0 bridgehead atoms. The topological polar surface area (TPSA) is 89.9 Å². The summed E-state index contributed by atoms with van der Waals surface area (Å²) < 4.78 is 0. The summed E-state index contributed by atoms with van der Waals surface area (Å²) in [7, 11) is 0. The highest BCUT2D eigenvalue weighted by atomic mass is 16.5. The first-order valence-electron chi connectivity index (χ1n) is 2.56. The van der Waals surface area contributed by atoms with Crippen molar-refractivity contribution in [1.82, 2.24) is 10.6 Å². The summed E-state index contributed by atoms with van der Waals surface area (Å²) in [6.07, 6.45) is -0.711. The molecule has 0 radical (unpaired) electrons. The molecule has 0 heterocycles. The quantitative estimate of drug-likeness (QED) is 0.367. The number of amides is 1. The minimum atomic E-state index is -1.33. The Morgan fingerprint density at radius 1 is 1.70 bits per heavy atom. The largest absolute Gasteiger partial charge is 0.464 e. The number of nitrogens with zero attached hydrogens (tertiary/aromatic N) is 1. The summed E-state index contributed by atoms with van der Waals surface area (Å²) in [4.78, 5) is 19.7. The van der Waals surface area contributed by atoms with E-state index in [1.54, 1.807) is 0 Å². The van der Waals surface area contributed by atoms with Crippen molar-refractivity contribution in [1.29, 1.82) is 0 Å². The van der Waals surface area contributed by atoms with Gasteiger partial charge < -0.3 is 9.90 Å². The molecule has 58 valence electrons. The smallest absolute Gasteiger partial charge is 0.423 e. The molecule has 1 amide bonds. The van der Waals surface area contributed by atoms with Gasteiger partial charge >= 0.3 is 6.09 Å². The van der Waals surface area contributed by atoms with Gasteiger partial charge in [-0.05, 0) is 0 Å². The first-order chi connectivity index (χ1) is 4.72. The van der Waals surface area contributed by atoms with E-state index >= 15 is 0 Å². The zero-order valence-electron chi connectivity index (χ0n) is 5.15. The van der Waals surface area contributed by atoms with Crippen LogP contribution in [0.15, 0.2) is 0 Å². The Hall–Kier alpha value is -1.14. The monoisotopic (exact) mass is 148 g/mol. The lowest BCUT2D eigenvalue weighted by Crippen LogP contribution is -2.40. The van der Waals surface area contributed by atoms with E-state index < -0.39 is 6.09 Å². The molecule has 0 unspecified atom stereocenters. The number of hydrogen-bond acceptors (Lipinski definition) is 4. The Kier molecular flexibility index (Phi) is 4.17. The summed E-state index contributed by atoms with van der Waals surface area (Å²) in [5, 5.41) is 16.8. The van der Waals surface area contributed by atoms with Crippen LogP contribution in [0.5, 0.6) is 0 Å². The third kappa shape index (κ3) is 3.00. The number of rotatable bonds is 4. The molecule has 3 N–H and O–H groups in total. The molecule has 0 saturated carbocycles. The van der Waals surface area contributed by atoms with Gasteiger partial charge in [0.1, 0.15) is 6.29 Å². The Morgan fingerprint density at radius 2 is 2.30 bits per heavy atom. The van der Waals surface area contributed by atoms with Crippen LogP contribution in [-0.4, -0.2) is 34.2 Å². The zero-order chi connectivity index (χ0) is 7.98. The molecule has 0 aromatic carbocycles. The highest BCUT2D eigenvalue weighted by molar-refractivity contribution is 5.64. The standard InChI is InChI=1S/C4H8N2O4/c7-3-1-2-6(5-10)4(8)9/h3,5,10H,1-2H2,(H,8,9). The molecule has 0 atom stereocenters. The highest BCUT2D eigenvalue weighted by Crippen LogP contribution is 1.83. The van der Waals surface area contributed by atoms with Gasteiger partial charge in [-0.25, -0.2) is 9.80 Å². The van der Waals surface area contributed by atoms with Gasteiger partial charge in [0.15, 0.2) is 0 Å². The van der Waals surface area contributed by atoms with E-state index in [2.05, 4.69) is 0 Å². The van der Waals surface area contributed by atoms with E-state index in [0.717, 1.165) is 0 Å². The van der Waals surface area contributed by atoms with E-state index in [0.29, 0.717) is 11.3 Å².